The molecule has 16 nitrogen and oxygen atoms in total. The van der Waals surface area contributed by atoms with Gasteiger partial charge in [-0.15, -0.1) is 0 Å². The van der Waals surface area contributed by atoms with Crippen molar-refractivity contribution in [3.63, 3.8) is 0 Å². The van der Waals surface area contributed by atoms with Gasteiger partial charge < -0.3 is 37.6 Å². The van der Waals surface area contributed by atoms with E-state index in [2.05, 4.69) is 0 Å². The molecule has 1 aromatic heterocycles. The normalized spacial score (nSPS) is 28.1. The van der Waals surface area contributed by atoms with E-state index in [1.165, 1.54) is 6.07 Å². The first kappa shape index (κ1) is 29.2. The van der Waals surface area contributed by atoms with E-state index in [0.29, 0.717) is 0 Å². The molecule has 0 amide bonds. The maximum atomic E-state index is 12.8. The Kier molecular flexibility index (Phi) is 9.37. The van der Waals surface area contributed by atoms with Crippen LogP contribution in [0.3, 0.4) is 0 Å². The average molecular weight is 555 g/mol. The summed E-state index contributed by atoms with van der Waals surface area (Å²) in [6, 6.07) is 2.26. The number of ether oxygens (including phenoxy) is 7. The van der Waals surface area contributed by atoms with E-state index in [1.807, 2.05) is 0 Å². The molecule has 212 valence electrons. The summed E-state index contributed by atoms with van der Waals surface area (Å²) in [5.74, 6) is -4.73. The Hall–Kier alpha value is -4.31. The summed E-state index contributed by atoms with van der Waals surface area (Å²) in [4.78, 5) is 70.4. The second kappa shape index (κ2) is 12.5. The van der Waals surface area contributed by atoms with Gasteiger partial charge in [0.15, 0.2) is 48.4 Å². The number of hydrogen-bond donors (Lipinski definition) is 0. The number of nitro groups is 1. The molecule has 1 aromatic rings. The molecule has 0 saturated carbocycles. The van der Waals surface area contributed by atoms with E-state index in [-0.39, 0.29) is 5.76 Å². The average Bonchev–Trinajstić information content (AvgIpc) is 3.32. The number of carbonyl (C=O) groups is 5. The van der Waals surface area contributed by atoms with Crippen LogP contribution in [0.4, 0.5) is 5.88 Å². The van der Waals surface area contributed by atoms with Gasteiger partial charge in [0.2, 0.25) is 0 Å². The topological polar surface area (TPSA) is 206 Å². The number of ketones is 1. The van der Waals surface area contributed by atoms with Crippen molar-refractivity contribution in [3.8, 4) is 0 Å². The van der Waals surface area contributed by atoms with Gasteiger partial charge in [-0.05, 0) is 6.07 Å². The molecule has 7 atom stereocenters. The summed E-state index contributed by atoms with van der Waals surface area (Å²) in [5.41, 5.74) is 0. The summed E-state index contributed by atoms with van der Waals surface area (Å²) in [7, 11) is 0. The number of hydrogen-bond acceptors (Lipinski definition) is 15. The molecule has 1 saturated heterocycles. The molecule has 0 bridgehead atoms. The summed E-state index contributed by atoms with van der Waals surface area (Å²) in [5, 5.41) is 11.1. The highest BCUT2D eigenvalue weighted by Gasteiger charge is 2.54. The van der Waals surface area contributed by atoms with Gasteiger partial charge in [0.05, 0.1) is 12.3 Å². The van der Waals surface area contributed by atoms with Gasteiger partial charge in [0.25, 0.3) is 0 Å². The zero-order valence-corrected chi connectivity index (χ0v) is 21.1. The van der Waals surface area contributed by atoms with E-state index < -0.39 is 90.0 Å². The molecule has 39 heavy (non-hydrogen) atoms. The first-order valence-corrected chi connectivity index (χ1v) is 11.4. The molecule has 2 aliphatic rings. The molecular weight excluding hydrogens is 530 g/mol. The van der Waals surface area contributed by atoms with Gasteiger partial charge in [-0.2, -0.15) is 0 Å². The van der Waals surface area contributed by atoms with Crippen molar-refractivity contribution in [2.24, 2.45) is 0 Å². The third-order valence-electron chi connectivity index (χ3n) is 5.31. The Bertz CT molecular complexity index is 1160. The van der Waals surface area contributed by atoms with E-state index in [1.54, 1.807) is 0 Å². The number of furan rings is 1. The van der Waals surface area contributed by atoms with Crippen LogP contribution in [0.2, 0.25) is 0 Å². The number of nitrogens with zero attached hydrogens (tertiary/aromatic N) is 1. The molecular formula is C23H25NO15. The zero-order valence-electron chi connectivity index (χ0n) is 21.1. The number of carbonyl (C=O) groups excluding carboxylic acids is 5. The molecule has 0 unspecified atom stereocenters. The van der Waals surface area contributed by atoms with E-state index in [0.717, 1.165) is 46.1 Å². The molecule has 0 aromatic carbocycles. The fourth-order valence-electron chi connectivity index (χ4n) is 3.90. The summed E-state index contributed by atoms with van der Waals surface area (Å²) in [6.45, 7) is 3.75. The molecule has 1 fully saturated rings. The van der Waals surface area contributed by atoms with Crippen LogP contribution >= 0.6 is 0 Å². The zero-order chi connectivity index (χ0) is 28.9. The lowest BCUT2D eigenvalue weighted by Crippen LogP contribution is -2.63. The third-order valence-corrected chi connectivity index (χ3v) is 5.31. The molecule has 16 heteroatoms. The Morgan fingerprint density at radius 1 is 0.923 bits per heavy atom. The Morgan fingerprint density at radius 3 is 2.10 bits per heavy atom. The second-order valence-electron chi connectivity index (χ2n) is 8.32. The SMILES string of the molecule is CC(=O)OC[C@H]1O[C@@H](O[C@@H]2C(=O)C=CO[C@@H]2c2ccc([N+](=O)[O-])o2)[C@H](OC(C)=O)[C@@H](OC(C)=O)[C@@H]1OC(C)=O. The molecule has 3 heterocycles. The first-order chi connectivity index (χ1) is 18.4. The monoisotopic (exact) mass is 555 g/mol. The summed E-state index contributed by atoms with van der Waals surface area (Å²) in [6.07, 6.45) is -8.44. The van der Waals surface area contributed by atoms with Crippen LogP contribution in [0.25, 0.3) is 0 Å². The summed E-state index contributed by atoms with van der Waals surface area (Å²) >= 11 is 0. The van der Waals surface area contributed by atoms with Crippen molar-refractivity contribution in [2.45, 2.75) is 70.6 Å². The third kappa shape index (κ3) is 7.38. The van der Waals surface area contributed by atoms with Crippen molar-refractivity contribution in [1.82, 2.24) is 0 Å². The van der Waals surface area contributed by atoms with Gasteiger partial charge >= 0.3 is 29.8 Å². The van der Waals surface area contributed by atoms with Crippen LogP contribution in [-0.2, 0) is 57.1 Å². The van der Waals surface area contributed by atoms with Gasteiger partial charge in [-0.3, -0.25) is 34.1 Å². The van der Waals surface area contributed by atoms with E-state index >= 15 is 0 Å². The highest BCUT2D eigenvalue weighted by atomic mass is 16.7. The van der Waals surface area contributed by atoms with Gasteiger partial charge in [-0.25, -0.2) is 0 Å². The molecule has 3 rings (SSSR count). The first-order valence-electron chi connectivity index (χ1n) is 11.4. The largest absolute Gasteiger partial charge is 0.487 e. The van der Waals surface area contributed by atoms with E-state index in [4.69, 9.17) is 37.6 Å². The fourth-order valence-corrected chi connectivity index (χ4v) is 3.90. The molecule has 2 aliphatic heterocycles. The molecule has 0 radical (unpaired) electrons. The van der Waals surface area contributed by atoms with Crippen LogP contribution in [0.15, 0.2) is 28.9 Å². The van der Waals surface area contributed by atoms with Gasteiger partial charge in [0, 0.05) is 33.8 Å². The van der Waals surface area contributed by atoms with Crippen LogP contribution in [0.5, 0.6) is 0 Å². The minimum absolute atomic E-state index is 0.143. The van der Waals surface area contributed by atoms with Crippen LogP contribution in [-0.4, -0.2) is 78.0 Å². The molecule has 0 N–H and O–H groups in total. The fraction of sp³-hybridized carbons (Fsp3) is 0.522. The lowest BCUT2D eigenvalue weighted by atomic mass is 9.97. The Balaban J connectivity index is 2.01. The highest BCUT2D eigenvalue weighted by Crippen LogP contribution is 2.36. The minimum Gasteiger partial charge on any atom is -0.487 e. The van der Waals surface area contributed by atoms with Gasteiger partial charge in [-0.1, -0.05) is 0 Å². The van der Waals surface area contributed by atoms with Gasteiger partial charge in [0.1, 0.15) is 17.6 Å². The van der Waals surface area contributed by atoms with Crippen molar-refractivity contribution in [3.05, 3.63) is 40.3 Å². The van der Waals surface area contributed by atoms with Crippen molar-refractivity contribution >= 4 is 35.5 Å². The van der Waals surface area contributed by atoms with Crippen LogP contribution in [0.1, 0.15) is 39.6 Å². The van der Waals surface area contributed by atoms with Crippen LogP contribution < -0.4 is 0 Å². The number of rotatable bonds is 9. The molecule has 0 aliphatic carbocycles. The van der Waals surface area contributed by atoms with Crippen molar-refractivity contribution < 1.29 is 66.5 Å². The maximum Gasteiger partial charge on any atom is 0.433 e. The lowest BCUT2D eigenvalue weighted by molar-refractivity contribution is -0.402. The van der Waals surface area contributed by atoms with Crippen molar-refractivity contribution in [2.75, 3.05) is 6.61 Å². The smallest absolute Gasteiger partial charge is 0.433 e. The lowest BCUT2D eigenvalue weighted by Gasteiger charge is -2.45. The predicted octanol–water partition coefficient (Wildman–Crippen LogP) is 0.810. The number of esters is 4. The standard InChI is InChI=1S/C23H25NO15/c1-10(25)33-9-16-20(34-11(2)26)21(35-12(3)27)22(36-13(4)28)23(38-16)39-18-14(29)7-8-32-19(18)15-5-6-17(37-15)24(30)31/h5-8,16,18-23H,9H2,1-4H3/t16-,18-,19-,20-,21+,22-,23+/m1/s1. The summed E-state index contributed by atoms with van der Waals surface area (Å²) < 4.78 is 43.2. The Morgan fingerprint density at radius 2 is 1.54 bits per heavy atom. The Labute approximate surface area is 220 Å². The predicted molar refractivity (Wildman–Crippen MR) is 120 cm³/mol. The van der Waals surface area contributed by atoms with Crippen molar-refractivity contribution in [1.29, 1.82) is 0 Å². The highest BCUT2D eigenvalue weighted by molar-refractivity contribution is 5.94. The minimum atomic E-state index is -1.69. The van der Waals surface area contributed by atoms with Crippen LogP contribution in [0, 0.1) is 10.1 Å². The second-order valence-corrected chi connectivity index (χ2v) is 8.32. The molecule has 0 spiro atoms. The van der Waals surface area contributed by atoms with E-state index in [9.17, 15) is 34.1 Å². The quantitative estimate of drug-likeness (QED) is 0.179. The maximum absolute atomic E-state index is 12.8.